The van der Waals surface area contributed by atoms with E-state index >= 15 is 0 Å². The molecule has 2 aromatic rings. The highest BCUT2D eigenvalue weighted by Crippen LogP contribution is 2.10. The Morgan fingerprint density at radius 2 is 1.22 bits per heavy atom. The first kappa shape index (κ1) is 11.9. The van der Waals surface area contributed by atoms with Crippen LogP contribution >= 0.6 is 0 Å². The molecule has 0 saturated carbocycles. The smallest absolute Gasteiger partial charge is 0.150 e. The lowest BCUT2D eigenvalue weighted by molar-refractivity contribution is 0.112. The minimum absolute atomic E-state index is 0.686. The van der Waals surface area contributed by atoms with Crippen LogP contribution in [0.15, 0.2) is 48.5 Å². The number of rotatable bonds is 3. The average Bonchev–Trinajstić information content (AvgIpc) is 2.46. The minimum atomic E-state index is 0.686. The van der Waals surface area contributed by atoms with Gasteiger partial charge in [-0.1, -0.05) is 54.5 Å². The number of aldehydes is 1. The van der Waals surface area contributed by atoms with Crippen LogP contribution in [-0.4, -0.2) is 6.29 Å². The summed E-state index contributed by atoms with van der Waals surface area (Å²) in [5.74, 6) is 2.58. The van der Waals surface area contributed by atoms with Gasteiger partial charge < -0.3 is 0 Å². The highest BCUT2D eigenvalue weighted by Gasteiger charge is 1.91. The fourth-order valence-electron chi connectivity index (χ4n) is 1.57. The van der Waals surface area contributed by atoms with Gasteiger partial charge in [0.2, 0.25) is 0 Å². The molecule has 0 unspecified atom stereocenters. The first-order valence-electron chi connectivity index (χ1n) is 5.62. The maximum Gasteiger partial charge on any atom is 0.150 e. The van der Waals surface area contributed by atoms with Crippen molar-refractivity contribution in [2.24, 2.45) is 0 Å². The predicted octanol–water partition coefficient (Wildman–Crippen LogP) is 3.65. The third-order valence-corrected chi connectivity index (χ3v) is 2.62. The largest absolute Gasteiger partial charge is 0.298 e. The van der Waals surface area contributed by atoms with Gasteiger partial charge in [0.05, 0.1) is 0 Å². The van der Waals surface area contributed by atoms with Crippen LogP contribution in [0.25, 0.3) is 12.2 Å². The molecule has 0 heterocycles. The van der Waals surface area contributed by atoms with Gasteiger partial charge in [-0.15, -0.1) is 6.42 Å². The van der Waals surface area contributed by atoms with E-state index in [1.807, 2.05) is 48.6 Å². The Balaban J connectivity index is 2.14. The zero-order valence-electron chi connectivity index (χ0n) is 9.84. The minimum Gasteiger partial charge on any atom is -0.298 e. The van der Waals surface area contributed by atoms with Crippen molar-refractivity contribution in [2.75, 3.05) is 0 Å². The molecule has 86 valence electrons. The van der Waals surface area contributed by atoms with Crippen molar-refractivity contribution in [3.05, 3.63) is 70.8 Å². The summed E-state index contributed by atoms with van der Waals surface area (Å²) in [4.78, 5) is 10.5. The number of benzene rings is 2. The molecule has 1 nitrogen and oxygen atoms in total. The normalized spacial score (nSPS) is 10.2. The van der Waals surface area contributed by atoms with Crippen LogP contribution in [0.4, 0.5) is 0 Å². The zero-order valence-corrected chi connectivity index (χ0v) is 9.84. The molecule has 18 heavy (non-hydrogen) atoms. The molecular weight excluding hydrogens is 220 g/mol. The molecule has 0 saturated heterocycles. The quantitative estimate of drug-likeness (QED) is 0.448. The maximum atomic E-state index is 10.5. The molecule has 0 aliphatic rings. The zero-order chi connectivity index (χ0) is 12.8. The summed E-state index contributed by atoms with van der Waals surface area (Å²) in [6, 6.07) is 15.2. The van der Waals surface area contributed by atoms with Gasteiger partial charge in [0.25, 0.3) is 0 Å². The van der Waals surface area contributed by atoms with Crippen LogP contribution < -0.4 is 0 Å². The molecule has 0 aliphatic carbocycles. The Bertz CT molecular complexity index is 596. The van der Waals surface area contributed by atoms with E-state index in [1.165, 1.54) is 0 Å². The summed E-state index contributed by atoms with van der Waals surface area (Å²) in [6.07, 6.45) is 10.1. The van der Waals surface area contributed by atoms with Crippen molar-refractivity contribution in [1.82, 2.24) is 0 Å². The summed E-state index contributed by atoms with van der Waals surface area (Å²) in [7, 11) is 0. The number of hydrogen-bond donors (Lipinski definition) is 0. The van der Waals surface area contributed by atoms with Crippen LogP contribution in [-0.2, 0) is 0 Å². The third kappa shape index (κ3) is 2.96. The van der Waals surface area contributed by atoms with Gasteiger partial charge in [-0.2, -0.15) is 0 Å². The van der Waals surface area contributed by atoms with Crippen molar-refractivity contribution >= 4 is 18.4 Å². The molecule has 0 N–H and O–H groups in total. The van der Waals surface area contributed by atoms with Crippen molar-refractivity contribution in [3.63, 3.8) is 0 Å². The molecule has 0 atom stereocenters. The van der Waals surface area contributed by atoms with Gasteiger partial charge in [-0.25, -0.2) is 0 Å². The third-order valence-electron chi connectivity index (χ3n) is 2.62. The summed E-state index contributed by atoms with van der Waals surface area (Å²) < 4.78 is 0. The Labute approximate surface area is 107 Å². The molecular formula is C17H12O. The number of hydrogen-bond acceptors (Lipinski definition) is 1. The van der Waals surface area contributed by atoms with Crippen molar-refractivity contribution in [1.29, 1.82) is 0 Å². The number of terminal acetylenes is 1. The van der Waals surface area contributed by atoms with Crippen LogP contribution in [0, 0.1) is 12.3 Å². The summed E-state index contributed by atoms with van der Waals surface area (Å²) in [5.41, 5.74) is 3.71. The summed E-state index contributed by atoms with van der Waals surface area (Å²) in [5, 5.41) is 0. The Morgan fingerprint density at radius 3 is 1.67 bits per heavy atom. The lowest BCUT2D eigenvalue weighted by Crippen LogP contribution is -1.79. The van der Waals surface area contributed by atoms with E-state index in [0.717, 1.165) is 23.0 Å². The summed E-state index contributed by atoms with van der Waals surface area (Å²) >= 11 is 0. The van der Waals surface area contributed by atoms with Gasteiger partial charge in [0, 0.05) is 11.1 Å². The van der Waals surface area contributed by atoms with Crippen molar-refractivity contribution in [3.8, 4) is 12.3 Å². The Kier molecular flexibility index (Phi) is 3.73. The first-order valence-corrected chi connectivity index (χ1v) is 5.62. The van der Waals surface area contributed by atoms with Gasteiger partial charge in [-0.05, 0) is 23.3 Å². The Hall–Kier alpha value is -2.59. The van der Waals surface area contributed by atoms with Crippen LogP contribution in [0.2, 0.25) is 0 Å². The molecule has 2 rings (SSSR count). The lowest BCUT2D eigenvalue weighted by Gasteiger charge is -1.96. The highest BCUT2D eigenvalue weighted by atomic mass is 16.1. The van der Waals surface area contributed by atoms with E-state index < -0.39 is 0 Å². The second kappa shape index (κ2) is 5.65. The van der Waals surface area contributed by atoms with Gasteiger partial charge in [0.1, 0.15) is 6.29 Å². The van der Waals surface area contributed by atoms with E-state index in [9.17, 15) is 4.79 Å². The topological polar surface area (TPSA) is 17.1 Å². The molecule has 2 aromatic carbocycles. The SMILES string of the molecule is C#Cc1ccc(/C=C/c2ccc(C=O)cc2)cc1. The monoisotopic (exact) mass is 232 g/mol. The molecule has 0 radical (unpaired) electrons. The maximum absolute atomic E-state index is 10.5. The van der Waals surface area contributed by atoms with Crippen molar-refractivity contribution in [2.45, 2.75) is 0 Å². The van der Waals surface area contributed by atoms with Crippen LogP contribution in [0.3, 0.4) is 0 Å². The van der Waals surface area contributed by atoms with E-state index in [4.69, 9.17) is 6.42 Å². The highest BCUT2D eigenvalue weighted by molar-refractivity contribution is 5.76. The van der Waals surface area contributed by atoms with Crippen molar-refractivity contribution < 1.29 is 4.79 Å². The van der Waals surface area contributed by atoms with Crippen LogP contribution in [0.1, 0.15) is 27.0 Å². The van der Waals surface area contributed by atoms with E-state index in [-0.39, 0.29) is 0 Å². The number of carbonyl (C=O) groups is 1. The molecule has 1 heteroatoms. The first-order chi connectivity index (χ1) is 8.81. The van der Waals surface area contributed by atoms with Gasteiger partial charge in [-0.3, -0.25) is 4.79 Å². The molecule has 0 amide bonds. The van der Waals surface area contributed by atoms with E-state index in [2.05, 4.69) is 5.92 Å². The summed E-state index contributed by atoms with van der Waals surface area (Å²) in [6.45, 7) is 0. The lowest BCUT2D eigenvalue weighted by atomic mass is 10.1. The molecule has 0 bridgehead atoms. The molecule has 0 aliphatic heterocycles. The molecule has 0 fully saturated rings. The van der Waals surface area contributed by atoms with E-state index in [0.29, 0.717) is 5.56 Å². The van der Waals surface area contributed by atoms with Gasteiger partial charge in [0.15, 0.2) is 0 Å². The second-order valence-corrected chi connectivity index (χ2v) is 3.88. The Morgan fingerprint density at radius 1 is 0.778 bits per heavy atom. The fourth-order valence-corrected chi connectivity index (χ4v) is 1.57. The van der Waals surface area contributed by atoms with Gasteiger partial charge >= 0.3 is 0 Å². The second-order valence-electron chi connectivity index (χ2n) is 3.88. The molecule has 0 aromatic heterocycles. The van der Waals surface area contributed by atoms with Crippen LogP contribution in [0.5, 0.6) is 0 Å². The standard InChI is InChI=1S/C17H12O/c1-2-14-3-5-15(6-4-14)7-8-16-9-11-17(13-18)12-10-16/h1,3-13H/b8-7+. The van der Waals surface area contributed by atoms with E-state index in [1.54, 1.807) is 12.1 Å². The fraction of sp³-hybridized carbons (Fsp3) is 0. The number of carbonyl (C=O) groups excluding carboxylic acids is 1. The molecule has 0 spiro atoms. The predicted molar refractivity (Wildman–Crippen MR) is 75.1 cm³/mol. The average molecular weight is 232 g/mol.